The number of rotatable bonds is 1. The molecule has 0 fully saturated rings. The van der Waals surface area contributed by atoms with Crippen LogP contribution in [-0.4, -0.2) is 14.4 Å². The van der Waals surface area contributed by atoms with Gasteiger partial charge in [-0.25, -0.2) is 4.21 Å². The van der Waals surface area contributed by atoms with Gasteiger partial charge in [0.25, 0.3) is 0 Å². The van der Waals surface area contributed by atoms with Crippen molar-refractivity contribution in [3.63, 3.8) is 0 Å². The Hall–Kier alpha value is 1.71. The van der Waals surface area contributed by atoms with Crippen molar-refractivity contribution < 1.29 is 64.3 Å². The molecule has 0 N–H and O–H groups in total. The Morgan fingerprint density at radius 3 is 1.78 bits per heavy atom. The molecule has 0 bridgehead atoms. The number of hydrogen-bond acceptors (Lipinski definition) is 3. The average molecular weight is 176 g/mol. The van der Waals surface area contributed by atoms with Gasteiger partial charge in [-0.2, -0.15) is 0 Å². The van der Waals surface area contributed by atoms with E-state index in [0.29, 0.717) is 0 Å². The summed E-state index contributed by atoms with van der Waals surface area (Å²) in [4.78, 5) is 0. The summed E-state index contributed by atoms with van der Waals surface area (Å²) in [5, 5.41) is 0. The van der Waals surface area contributed by atoms with E-state index in [1.54, 1.807) is 20.8 Å². The van der Waals surface area contributed by atoms with Crippen molar-refractivity contribution in [2.45, 2.75) is 26.4 Å². The third-order valence-electron chi connectivity index (χ3n) is 0.318. The molecule has 0 aromatic rings. The maximum Gasteiger partial charge on any atom is 1.00 e. The quantitative estimate of drug-likeness (QED) is 0.330. The van der Waals surface area contributed by atoms with E-state index in [2.05, 4.69) is 4.18 Å². The van der Waals surface area contributed by atoms with Crippen LogP contribution in [0.4, 0.5) is 0 Å². The fraction of sp³-hybridized carbons (Fsp3) is 1.00. The molecule has 0 rings (SSSR count). The van der Waals surface area contributed by atoms with Gasteiger partial charge >= 0.3 is 51.4 Å². The predicted octanol–water partition coefficient (Wildman–Crippen LogP) is -2.40. The fourth-order valence-electron chi connectivity index (χ4n) is 0.204. The molecule has 0 radical (unpaired) electrons. The standard InChI is InChI=1S/C4H10O3S.K/c1-4(2,3)7-8(5)6;/h1-3H3,(H,5,6);/q;+1/p-1. The van der Waals surface area contributed by atoms with Gasteiger partial charge in [-0.3, -0.25) is 4.18 Å². The molecule has 9 heavy (non-hydrogen) atoms. The average Bonchev–Trinajstić information content (AvgIpc) is 1.21. The van der Waals surface area contributed by atoms with Gasteiger partial charge in [-0.15, -0.1) is 0 Å². The second-order valence-corrected chi connectivity index (χ2v) is 2.97. The largest absolute Gasteiger partial charge is 1.00 e. The van der Waals surface area contributed by atoms with Crippen LogP contribution in [0.1, 0.15) is 20.8 Å². The van der Waals surface area contributed by atoms with Crippen LogP contribution in [0.2, 0.25) is 0 Å². The molecule has 50 valence electrons. The van der Waals surface area contributed by atoms with Gasteiger partial charge in [0.1, 0.15) is 0 Å². The van der Waals surface area contributed by atoms with Gasteiger partial charge < -0.3 is 4.55 Å². The van der Waals surface area contributed by atoms with E-state index >= 15 is 0 Å². The van der Waals surface area contributed by atoms with E-state index in [4.69, 9.17) is 0 Å². The SMILES string of the molecule is CC(C)(C)OS(=O)[O-].[K+]. The van der Waals surface area contributed by atoms with E-state index < -0.39 is 17.0 Å². The molecule has 0 heterocycles. The van der Waals surface area contributed by atoms with Crippen molar-refractivity contribution in [3.8, 4) is 0 Å². The molecule has 0 saturated heterocycles. The van der Waals surface area contributed by atoms with Gasteiger partial charge in [-0.1, -0.05) is 0 Å². The first-order valence-electron chi connectivity index (χ1n) is 2.20. The smallest absolute Gasteiger partial charge is 0.750 e. The summed E-state index contributed by atoms with van der Waals surface area (Å²) in [7, 11) is 0. The summed E-state index contributed by atoms with van der Waals surface area (Å²) >= 11 is -2.39. The molecule has 5 heteroatoms. The minimum Gasteiger partial charge on any atom is -0.750 e. The zero-order chi connectivity index (χ0) is 6.78. The topological polar surface area (TPSA) is 49.4 Å². The van der Waals surface area contributed by atoms with Crippen LogP contribution in [0, 0.1) is 0 Å². The summed E-state index contributed by atoms with van der Waals surface area (Å²) in [6.45, 7) is 5.01. The Labute approximate surface area is 100 Å². The van der Waals surface area contributed by atoms with Gasteiger partial charge in [-0.05, 0) is 20.8 Å². The Morgan fingerprint density at radius 1 is 1.44 bits per heavy atom. The summed E-state index contributed by atoms with van der Waals surface area (Å²) in [5.41, 5.74) is -0.591. The molecule has 0 saturated carbocycles. The Bertz CT molecular complexity index is 98.5. The van der Waals surface area contributed by atoms with Crippen LogP contribution in [0.5, 0.6) is 0 Å². The van der Waals surface area contributed by atoms with E-state index in [9.17, 15) is 8.76 Å². The van der Waals surface area contributed by atoms with Crippen molar-refractivity contribution in [1.82, 2.24) is 0 Å². The van der Waals surface area contributed by atoms with Crippen molar-refractivity contribution >= 4 is 11.4 Å². The molecule has 0 spiro atoms. The van der Waals surface area contributed by atoms with Crippen LogP contribution < -0.4 is 51.4 Å². The van der Waals surface area contributed by atoms with Gasteiger partial charge in [0, 0.05) is 0 Å². The van der Waals surface area contributed by atoms with Crippen LogP contribution in [0.3, 0.4) is 0 Å². The molecule has 1 atom stereocenters. The van der Waals surface area contributed by atoms with Gasteiger partial charge in [0.15, 0.2) is 0 Å². The molecule has 0 aromatic carbocycles. The zero-order valence-corrected chi connectivity index (χ0v) is 10.1. The van der Waals surface area contributed by atoms with Crippen molar-refractivity contribution in [2.75, 3.05) is 0 Å². The minimum atomic E-state index is -2.39. The van der Waals surface area contributed by atoms with Crippen LogP contribution in [-0.2, 0) is 15.5 Å². The minimum absolute atomic E-state index is 0. The van der Waals surface area contributed by atoms with E-state index in [1.165, 1.54) is 0 Å². The maximum absolute atomic E-state index is 9.79. The summed E-state index contributed by atoms with van der Waals surface area (Å²) in [5.74, 6) is 0. The third-order valence-corrected chi connectivity index (χ3v) is 0.954. The second kappa shape index (κ2) is 5.37. The second-order valence-electron chi connectivity index (χ2n) is 2.40. The van der Waals surface area contributed by atoms with E-state index in [1.807, 2.05) is 0 Å². The normalized spacial score (nSPS) is 14.2. The molecule has 1 unspecified atom stereocenters. The molecule has 3 nitrogen and oxygen atoms in total. The molecule has 0 aliphatic rings. The summed E-state index contributed by atoms with van der Waals surface area (Å²) in [6, 6.07) is 0. The van der Waals surface area contributed by atoms with E-state index in [-0.39, 0.29) is 51.4 Å². The Morgan fingerprint density at radius 2 is 1.78 bits per heavy atom. The summed E-state index contributed by atoms with van der Waals surface area (Å²) < 4.78 is 23.9. The van der Waals surface area contributed by atoms with Crippen molar-refractivity contribution in [3.05, 3.63) is 0 Å². The maximum atomic E-state index is 9.79. The molecule has 0 aliphatic heterocycles. The van der Waals surface area contributed by atoms with Gasteiger partial charge in [0.2, 0.25) is 0 Å². The molecule has 0 amide bonds. The van der Waals surface area contributed by atoms with Crippen molar-refractivity contribution in [2.24, 2.45) is 0 Å². The Kier molecular flexibility index (Phi) is 7.94. The third kappa shape index (κ3) is 12.8. The van der Waals surface area contributed by atoms with Crippen molar-refractivity contribution in [1.29, 1.82) is 0 Å². The van der Waals surface area contributed by atoms with E-state index in [0.717, 1.165) is 0 Å². The monoisotopic (exact) mass is 176 g/mol. The molecule has 0 aromatic heterocycles. The first kappa shape index (κ1) is 13.3. The first-order chi connectivity index (χ1) is 3.42. The van der Waals surface area contributed by atoms with Crippen LogP contribution >= 0.6 is 0 Å². The molecular weight excluding hydrogens is 167 g/mol. The molecular formula is C4H9KO3S. The van der Waals surface area contributed by atoms with Gasteiger partial charge in [0.05, 0.1) is 17.0 Å². The Balaban J connectivity index is 0. The number of hydrogen-bond donors (Lipinski definition) is 0. The van der Waals surface area contributed by atoms with Crippen LogP contribution in [0.15, 0.2) is 0 Å². The predicted molar refractivity (Wildman–Crippen MR) is 29.8 cm³/mol. The zero-order valence-electron chi connectivity index (χ0n) is 6.13. The summed E-state index contributed by atoms with van der Waals surface area (Å²) in [6.07, 6.45) is 0. The fourth-order valence-corrected chi connectivity index (χ4v) is 0.612. The molecule has 0 aliphatic carbocycles. The first-order valence-corrected chi connectivity index (χ1v) is 3.20. The van der Waals surface area contributed by atoms with Crippen LogP contribution in [0.25, 0.3) is 0 Å².